The molecule has 1 aliphatic carbocycles. The SMILES string of the molecule is CC/C=C\C/C=C\C/C=C\C/C=C\CCCCCCC(=O)O[C@H](COC(=O)CCC/C=C/C[C@@H]1[C@@H](/C=C/[C@@H](O)CCCCC)[C@H](O)C[C@@H]1O)COP(=O)(O)OCCN. The number of aliphatic hydroxyl groups excluding tert-OH is 3. The van der Waals surface area contributed by atoms with Crippen molar-refractivity contribution in [1.29, 1.82) is 0 Å². The number of hydrogen-bond acceptors (Lipinski definition) is 11. The first-order chi connectivity index (χ1) is 28.0. The van der Waals surface area contributed by atoms with E-state index in [4.69, 9.17) is 24.3 Å². The van der Waals surface area contributed by atoms with Crippen molar-refractivity contribution in [2.24, 2.45) is 17.6 Å². The van der Waals surface area contributed by atoms with E-state index in [1.54, 1.807) is 6.08 Å². The van der Waals surface area contributed by atoms with E-state index in [2.05, 4.69) is 62.5 Å². The Labute approximate surface area is 348 Å². The Morgan fingerprint density at radius 1 is 0.759 bits per heavy atom. The third-order valence-corrected chi connectivity index (χ3v) is 10.6. The predicted molar refractivity (Wildman–Crippen MR) is 231 cm³/mol. The maximum absolute atomic E-state index is 12.6. The Kier molecular flexibility index (Phi) is 32.3. The molecule has 0 saturated heterocycles. The molecule has 0 bridgehead atoms. The van der Waals surface area contributed by atoms with Gasteiger partial charge in [0.05, 0.1) is 31.5 Å². The smallest absolute Gasteiger partial charge is 0.462 e. The van der Waals surface area contributed by atoms with Crippen LogP contribution in [0.4, 0.5) is 0 Å². The fraction of sp³-hybridized carbons (Fsp3) is 0.689. The second kappa shape index (κ2) is 35.1. The summed E-state index contributed by atoms with van der Waals surface area (Å²) in [7, 11) is -4.45. The molecule has 1 saturated carbocycles. The van der Waals surface area contributed by atoms with Crippen molar-refractivity contribution < 1.29 is 52.9 Å². The molecule has 13 heteroatoms. The first kappa shape index (κ1) is 53.3. The summed E-state index contributed by atoms with van der Waals surface area (Å²) < 4.78 is 32.7. The summed E-state index contributed by atoms with van der Waals surface area (Å²) in [5.74, 6) is -1.47. The highest BCUT2D eigenvalue weighted by Crippen LogP contribution is 2.43. The van der Waals surface area contributed by atoms with E-state index < -0.39 is 50.8 Å². The summed E-state index contributed by atoms with van der Waals surface area (Å²) in [5.41, 5.74) is 5.34. The monoisotopic (exact) mass is 838 g/mol. The maximum Gasteiger partial charge on any atom is 0.472 e. The standard InChI is InChI=1S/C45H76NO11P/c1-3-5-7-8-9-10-11-12-13-14-15-16-17-18-19-20-26-30-45(51)57-39(37-56-58(52,53)55-34-33-46)36-54-44(50)29-25-22-21-24-28-40-41(43(49)35-42(40)48)32-31-38(47)27-23-6-4-2/h5,7,9-10,12-13,15-16,21,24,31-32,38-43,47-49H,3-4,6,8,11,14,17-20,22-23,25-30,33-37,46H2,1-2H3,(H,52,53)/b7-5-,10-9-,13-12-,16-15-,24-21+,32-31+/t38-,39+,40+,41+,42-,43+/m0/s1. The van der Waals surface area contributed by atoms with Crippen molar-refractivity contribution >= 4 is 19.8 Å². The first-order valence-corrected chi connectivity index (χ1v) is 23.2. The van der Waals surface area contributed by atoms with Gasteiger partial charge in [-0.15, -0.1) is 0 Å². The molecule has 1 rings (SSSR count). The summed E-state index contributed by atoms with van der Waals surface area (Å²) >= 11 is 0. The van der Waals surface area contributed by atoms with Gasteiger partial charge in [-0.05, 0) is 76.5 Å². The van der Waals surface area contributed by atoms with Crippen LogP contribution in [0.15, 0.2) is 72.9 Å². The lowest BCUT2D eigenvalue weighted by atomic mass is 9.89. The van der Waals surface area contributed by atoms with Gasteiger partial charge in [-0.25, -0.2) is 4.57 Å². The average Bonchev–Trinajstić information content (AvgIpc) is 3.47. The first-order valence-electron chi connectivity index (χ1n) is 21.7. The van der Waals surface area contributed by atoms with Crippen LogP contribution in [0.25, 0.3) is 0 Å². The maximum atomic E-state index is 12.6. The summed E-state index contributed by atoms with van der Waals surface area (Å²) in [6.07, 6.45) is 36.0. The van der Waals surface area contributed by atoms with E-state index in [1.807, 2.05) is 18.2 Å². The lowest BCUT2D eigenvalue weighted by Gasteiger charge is -2.20. The van der Waals surface area contributed by atoms with Gasteiger partial charge in [0.25, 0.3) is 0 Å². The Morgan fingerprint density at radius 2 is 1.40 bits per heavy atom. The molecule has 0 radical (unpaired) electrons. The number of carbonyl (C=O) groups is 2. The molecule has 0 aliphatic heterocycles. The van der Waals surface area contributed by atoms with E-state index in [0.717, 1.165) is 70.6 Å². The Hall–Kier alpha value is -2.67. The topological polar surface area (TPSA) is 195 Å². The normalized spacial score (nSPS) is 21.0. The molecule has 0 aromatic heterocycles. The highest BCUT2D eigenvalue weighted by molar-refractivity contribution is 7.47. The van der Waals surface area contributed by atoms with Crippen LogP contribution in [-0.4, -0.2) is 82.9 Å². The number of rotatable bonds is 35. The number of phosphoric ester groups is 1. The average molecular weight is 838 g/mol. The Bertz CT molecular complexity index is 1300. The van der Waals surface area contributed by atoms with Crippen LogP contribution in [0.1, 0.15) is 136 Å². The summed E-state index contributed by atoms with van der Waals surface area (Å²) in [6.45, 7) is 3.19. The molecule has 0 aromatic carbocycles. The van der Waals surface area contributed by atoms with Crippen LogP contribution in [0.5, 0.6) is 0 Å². The molecule has 0 amide bonds. The van der Waals surface area contributed by atoms with Crippen LogP contribution in [-0.2, 0) is 32.7 Å². The van der Waals surface area contributed by atoms with Crippen molar-refractivity contribution in [3.05, 3.63) is 72.9 Å². The van der Waals surface area contributed by atoms with Crippen molar-refractivity contribution in [1.82, 2.24) is 0 Å². The van der Waals surface area contributed by atoms with Crippen LogP contribution >= 0.6 is 7.82 Å². The van der Waals surface area contributed by atoms with Crippen molar-refractivity contribution in [3.63, 3.8) is 0 Å². The number of carbonyl (C=O) groups excluding carboxylic acids is 2. The number of phosphoric acid groups is 1. The zero-order valence-corrected chi connectivity index (χ0v) is 36.2. The molecule has 0 aromatic rings. The minimum Gasteiger partial charge on any atom is -0.462 e. The zero-order chi connectivity index (χ0) is 42.7. The molecule has 1 aliphatic rings. The van der Waals surface area contributed by atoms with E-state index in [9.17, 15) is 34.4 Å². The third-order valence-electron chi connectivity index (χ3n) is 9.65. The Morgan fingerprint density at radius 3 is 2.09 bits per heavy atom. The van der Waals surface area contributed by atoms with Crippen molar-refractivity contribution in [2.75, 3.05) is 26.4 Å². The van der Waals surface area contributed by atoms with Gasteiger partial charge in [0.2, 0.25) is 0 Å². The predicted octanol–water partition coefficient (Wildman–Crippen LogP) is 8.65. The van der Waals surface area contributed by atoms with Crippen LogP contribution < -0.4 is 5.73 Å². The molecule has 332 valence electrons. The molecule has 7 atom stereocenters. The molecule has 58 heavy (non-hydrogen) atoms. The molecule has 6 N–H and O–H groups in total. The number of ether oxygens (including phenoxy) is 2. The molecule has 12 nitrogen and oxygen atoms in total. The number of nitrogens with two attached hydrogens (primary N) is 1. The summed E-state index contributed by atoms with van der Waals surface area (Å²) in [4.78, 5) is 35.0. The fourth-order valence-corrected chi connectivity index (χ4v) is 7.15. The van der Waals surface area contributed by atoms with Gasteiger partial charge in [-0.3, -0.25) is 18.6 Å². The van der Waals surface area contributed by atoms with Crippen molar-refractivity contribution in [2.45, 2.75) is 160 Å². The minimum absolute atomic E-state index is 0.0103. The highest BCUT2D eigenvalue weighted by atomic mass is 31.2. The van der Waals surface area contributed by atoms with E-state index >= 15 is 0 Å². The van der Waals surface area contributed by atoms with Crippen LogP contribution in [0.3, 0.4) is 0 Å². The lowest BCUT2D eigenvalue weighted by Crippen LogP contribution is -2.29. The largest absolute Gasteiger partial charge is 0.472 e. The van der Waals surface area contributed by atoms with E-state index in [-0.39, 0.29) is 50.9 Å². The van der Waals surface area contributed by atoms with Gasteiger partial charge in [0.15, 0.2) is 6.10 Å². The quantitative estimate of drug-likeness (QED) is 0.0177. The van der Waals surface area contributed by atoms with Gasteiger partial charge in [-0.1, -0.05) is 119 Å². The molecule has 0 spiro atoms. The van der Waals surface area contributed by atoms with E-state index in [0.29, 0.717) is 32.1 Å². The van der Waals surface area contributed by atoms with Crippen molar-refractivity contribution in [3.8, 4) is 0 Å². The molecule has 1 unspecified atom stereocenters. The second-order valence-electron chi connectivity index (χ2n) is 14.8. The van der Waals surface area contributed by atoms with Gasteiger partial charge >= 0.3 is 19.8 Å². The molecular formula is C45H76NO11P. The van der Waals surface area contributed by atoms with Crippen LogP contribution in [0.2, 0.25) is 0 Å². The molecular weight excluding hydrogens is 761 g/mol. The highest BCUT2D eigenvalue weighted by Gasteiger charge is 2.39. The van der Waals surface area contributed by atoms with Crippen LogP contribution in [0, 0.1) is 11.8 Å². The fourth-order valence-electron chi connectivity index (χ4n) is 6.38. The molecule has 1 fully saturated rings. The van der Waals surface area contributed by atoms with E-state index in [1.165, 1.54) is 0 Å². The minimum atomic E-state index is -4.45. The number of aliphatic hydroxyl groups is 3. The van der Waals surface area contributed by atoms with Gasteiger partial charge in [-0.2, -0.15) is 0 Å². The third kappa shape index (κ3) is 28.7. The molecule has 0 heterocycles. The number of esters is 2. The summed E-state index contributed by atoms with van der Waals surface area (Å²) in [6, 6.07) is 0. The van der Waals surface area contributed by atoms with Gasteiger partial charge < -0.3 is 35.4 Å². The number of unbranched alkanes of at least 4 members (excludes halogenated alkanes) is 7. The van der Waals surface area contributed by atoms with Gasteiger partial charge in [0, 0.05) is 31.7 Å². The zero-order valence-electron chi connectivity index (χ0n) is 35.3. The number of allylic oxidation sites excluding steroid dienone is 10. The second-order valence-corrected chi connectivity index (χ2v) is 16.2. The Balaban J connectivity index is 2.43. The number of hydrogen-bond donors (Lipinski definition) is 5. The summed E-state index contributed by atoms with van der Waals surface area (Å²) in [5, 5.41) is 31.3. The van der Waals surface area contributed by atoms with Gasteiger partial charge in [0.1, 0.15) is 6.61 Å². The lowest BCUT2D eigenvalue weighted by molar-refractivity contribution is -0.161.